The highest BCUT2D eigenvalue weighted by molar-refractivity contribution is 14.0. The number of hydrogen-bond acceptors (Lipinski definition) is 4. The molecule has 0 radical (unpaired) electrons. The Bertz CT molecular complexity index is 777. The first-order valence-electron chi connectivity index (χ1n) is 9.73. The first-order chi connectivity index (χ1) is 13.7. The smallest absolute Gasteiger partial charge is 0.246 e. The van der Waals surface area contributed by atoms with E-state index >= 15 is 0 Å². The number of thioether (sulfide) groups is 1. The van der Waals surface area contributed by atoms with Crippen molar-refractivity contribution in [1.29, 1.82) is 0 Å². The molecule has 3 rings (SSSR count). The van der Waals surface area contributed by atoms with Crippen LogP contribution in [0.5, 0.6) is 0 Å². The molecule has 29 heavy (non-hydrogen) atoms. The molecule has 1 unspecified atom stereocenters. The molecular weight excluding hydrogens is 499 g/mol. The number of nitrogens with one attached hydrogen (secondary N) is 3. The number of nitrogens with zero attached hydrogens (tertiary/aromatic N) is 3. The molecule has 158 valence electrons. The summed E-state index contributed by atoms with van der Waals surface area (Å²) in [4.78, 5) is 16.8. The van der Waals surface area contributed by atoms with E-state index in [1.807, 2.05) is 36.0 Å². The predicted octanol–water partition coefficient (Wildman–Crippen LogP) is 3.09. The number of guanidine groups is 1. The van der Waals surface area contributed by atoms with Crippen molar-refractivity contribution in [1.82, 2.24) is 20.4 Å². The van der Waals surface area contributed by atoms with Gasteiger partial charge >= 0.3 is 0 Å². The Morgan fingerprint density at radius 1 is 1.34 bits per heavy atom. The van der Waals surface area contributed by atoms with Crippen molar-refractivity contribution in [2.75, 3.05) is 24.2 Å². The van der Waals surface area contributed by atoms with Gasteiger partial charge in [0.1, 0.15) is 6.54 Å². The summed E-state index contributed by atoms with van der Waals surface area (Å²) in [6.07, 6.45) is 6.01. The van der Waals surface area contributed by atoms with Crippen molar-refractivity contribution < 1.29 is 4.79 Å². The number of hydrogen-bond donors (Lipinski definition) is 3. The van der Waals surface area contributed by atoms with E-state index in [1.165, 1.54) is 18.6 Å². The Morgan fingerprint density at radius 2 is 2.24 bits per heavy atom. The van der Waals surface area contributed by atoms with Gasteiger partial charge in [-0.15, -0.1) is 24.0 Å². The molecule has 9 heteroatoms. The summed E-state index contributed by atoms with van der Waals surface area (Å²) in [5, 5.41) is 14.4. The monoisotopic (exact) mass is 528 g/mol. The number of aromatic nitrogens is 2. The number of benzene rings is 1. The van der Waals surface area contributed by atoms with Crippen LogP contribution in [0.2, 0.25) is 0 Å². The van der Waals surface area contributed by atoms with E-state index in [9.17, 15) is 4.79 Å². The van der Waals surface area contributed by atoms with Crippen LogP contribution in [-0.4, -0.2) is 45.7 Å². The average Bonchev–Trinajstić information content (AvgIpc) is 3.38. The summed E-state index contributed by atoms with van der Waals surface area (Å²) in [7, 11) is 0. The van der Waals surface area contributed by atoms with Gasteiger partial charge in [0.15, 0.2) is 5.96 Å². The van der Waals surface area contributed by atoms with Gasteiger partial charge < -0.3 is 16.0 Å². The average molecular weight is 528 g/mol. The van der Waals surface area contributed by atoms with E-state index in [0.29, 0.717) is 11.8 Å². The molecule has 1 saturated heterocycles. The van der Waals surface area contributed by atoms with Gasteiger partial charge in [0, 0.05) is 36.4 Å². The molecular formula is C20H29IN6OS. The molecule has 1 amide bonds. The lowest BCUT2D eigenvalue weighted by atomic mass is 10.2. The first kappa shape index (κ1) is 23.5. The summed E-state index contributed by atoms with van der Waals surface area (Å²) >= 11 is 2.03. The van der Waals surface area contributed by atoms with Crippen LogP contribution in [0.25, 0.3) is 0 Å². The van der Waals surface area contributed by atoms with Gasteiger partial charge in [-0.05, 0) is 49.3 Å². The molecule has 1 aliphatic rings. The highest BCUT2D eigenvalue weighted by Crippen LogP contribution is 2.25. The van der Waals surface area contributed by atoms with Crippen molar-refractivity contribution in [3.63, 3.8) is 0 Å². The third-order valence-electron chi connectivity index (χ3n) is 4.36. The minimum atomic E-state index is -0.103. The number of carbonyl (C=O) groups is 1. The number of aliphatic imine (C=N–C) groups is 1. The summed E-state index contributed by atoms with van der Waals surface area (Å²) in [6, 6.07) is 9.59. The summed E-state index contributed by atoms with van der Waals surface area (Å²) in [5.41, 5.74) is 1.81. The highest BCUT2D eigenvalue weighted by Gasteiger charge is 2.15. The van der Waals surface area contributed by atoms with Gasteiger partial charge in [0.25, 0.3) is 0 Å². The zero-order chi connectivity index (χ0) is 19.6. The third kappa shape index (κ3) is 8.25. The largest absolute Gasteiger partial charge is 0.357 e. The van der Waals surface area contributed by atoms with Gasteiger partial charge in [-0.1, -0.05) is 12.1 Å². The Morgan fingerprint density at radius 3 is 2.97 bits per heavy atom. The fourth-order valence-electron chi connectivity index (χ4n) is 3.02. The van der Waals surface area contributed by atoms with Gasteiger partial charge in [-0.25, -0.2) is 4.99 Å². The van der Waals surface area contributed by atoms with Crippen LogP contribution in [0, 0.1) is 0 Å². The third-order valence-corrected chi connectivity index (χ3v) is 5.76. The lowest BCUT2D eigenvalue weighted by Gasteiger charge is -2.14. The maximum atomic E-state index is 12.1. The van der Waals surface area contributed by atoms with Crippen molar-refractivity contribution in [3.05, 3.63) is 48.3 Å². The SMILES string of the molecule is CCNC(=NCc1cccc(NC(=O)Cn2cccn2)c1)NCC1CCCS1.I. The standard InChI is InChI=1S/C20H28N6OS.HI/c1-2-21-20(23-14-18-8-4-11-28-18)22-13-16-6-3-7-17(12-16)25-19(27)15-26-10-5-9-24-26;/h3,5-7,9-10,12,18H,2,4,8,11,13-15H2,1H3,(H,25,27)(H2,21,22,23);1H. The Kier molecular flexibility index (Phi) is 10.3. The number of anilines is 1. The summed E-state index contributed by atoms with van der Waals surface area (Å²) in [5.74, 6) is 2.00. The van der Waals surface area contributed by atoms with Crippen molar-refractivity contribution in [2.45, 2.75) is 38.1 Å². The van der Waals surface area contributed by atoms with Gasteiger partial charge in [0.05, 0.1) is 6.54 Å². The maximum Gasteiger partial charge on any atom is 0.246 e. The van der Waals surface area contributed by atoms with Gasteiger partial charge in [0.2, 0.25) is 5.91 Å². The van der Waals surface area contributed by atoms with Crippen molar-refractivity contribution >= 4 is 53.3 Å². The molecule has 2 heterocycles. The molecule has 0 saturated carbocycles. The fraction of sp³-hybridized carbons (Fsp3) is 0.450. The van der Waals surface area contributed by atoms with E-state index in [0.717, 1.165) is 30.3 Å². The Hall–Kier alpha value is -1.75. The zero-order valence-corrected chi connectivity index (χ0v) is 19.8. The van der Waals surface area contributed by atoms with Crippen LogP contribution in [0.15, 0.2) is 47.7 Å². The quantitative estimate of drug-likeness (QED) is 0.279. The molecule has 7 nitrogen and oxygen atoms in total. The fourth-order valence-corrected chi connectivity index (χ4v) is 4.22. The second-order valence-corrected chi connectivity index (χ2v) is 8.07. The van der Waals surface area contributed by atoms with Crippen LogP contribution >= 0.6 is 35.7 Å². The topological polar surface area (TPSA) is 83.3 Å². The Labute approximate surface area is 193 Å². The van der Waals surface area contributed by atoms with Crippen LogP contribution in [0.3, 0.4) is 0 Å². The van der Waals surface area contributed by atoms with Crippen molar-refractivity contribution in [3.8, 4) is 0 Å². The first-order valence-corrected chi connectivity index (χ1v) is 10.8. The molecule has 1 atom stereocenters. The van der Waals surface area contributed by atoms with E-state index in [2.05, 4.69) is 33.0 Å². The molecule has 1 aromatic carbocycles. The minimum absolute atomic E-state index is 0. The lowest BCUT2D eigenvalue weighted by molar-refractivity contribution is -0.116. The molecule has 3 N–H and O–H groups in total. The molecule has 0 bridgehead atoms. The predicted molar refractivity (Wildman–Crippen MR) is 131 cm³/mol. The van der Waals surface area contributed by atoms with Crippen LogP contribution in [0.4, 0.5) is 5.69 Å². The maximum absolute atomic E-state index is 12.1. The Balaban J connectivity index is 0.00000300. The summed E-state index contributed by atoms with van der Waals surface area (Å²) < 4.78 is 1.60. The second kappa shape index (κ2) is 12.7. The molecule has 0 aliphatic carbocycles. The minimum Gasteiger partial charge on any atom is -0.357 e. The highest BCUT2D eigenvalue weighted by atomic mass is 127. The molecule has 1 fully saturated rings. The zero-order valence-electron chi connectivity index (χ0n) is 16.6. The van der Waals surface area contributed by atoms with E-state index in [4.69, 9.17) is 0 Å². The number of carbonyl (C=O) groups excluding carboxylic acids is 1. The summed E-state index contributed by atoms with van der Waals surface area (Å²) in [6.45, 7) is 4.59. The van der Waals surface area contributed by atoms with Crippen LogP contribution < -0.4 is 16.0 Å². The van der Waals surface area contributed by atoms with Crippen molar-refractivity contribution in [2.24, 2.45) is 4.99 Å². The molecule has 1 aromatic heterocycles. The van der Waals surface area contributed by atoms with Crippen LogP contribution in [-0.2, 0) is 17.9 Å². The second-order valence-electron chi connectivity index (χ2n) is 6.66. The van der Waals surface area contributed by atoms with E-state index in [1.54, 1.807) is 23.1 Å². The number of rotatable bonds is 8. The molecule has 0 spiro atoms. The van der Waals surface area contributed by atoms with Gasteiger partial charge in [-0.3, -0.25) is 9.48 Å². The number of halogens is 1. The molecule has 2 aromatic rings. The van der Waals surface area contributed by atoms with E-state index < -0.39 is 0 Å². The number of amides is 1. The van der Waals surface area contributed by atoms with Gasteiger partial charge in [-0.2, -0.15) is 16.9 Å². The van der Waals surface area contributed by atoms with Crippen LogP contribution in [0.1, 0.15) is 25.3 Å². The van der Waals surface area contributed by atoms with E-state index in [-0.39, 0.29) is 36.4 Å². The molecule has 1 aliphatic heterocycles. The normalized spacial score (nSPS) is 16.2. The lowest BCUT2D eigenvalue weighted by Crippen LogP contribution is -2.40.